The van der Waals surface area contributed by atoms with Gasteiger partial charge in [0.05, 0.1) is 17.2 Å². The summed E-state index contributed by atoms with van der Waals surface area (Å²) < 4.78 is 45.5. The fourth-order valence-electron chi connectivity index (χ4n) is 3.07. The van der Waals surface area contributed by atoms with Gasteiger partial charge in [0, 0.05) is 24.6 Å². The molecular weight excluding hydrogens is 381 g/mol. The molecule has 1 aromatic heterocycles. The molecule has 8 heteroatoms. The van der Waals surface area contributed by atoms with Gasteiger partial charge in [-0.1, -0.05) is 20.8 Å². The van der Waals surface area contributed by atoms with Crippen molar-refractivity contribution in [2.24, 2.45) is 5.92 Å². The van der Waals surface area contributed by atoms with Gasteiger partial charge in [-0.3, -0.25) is 0 Å². The molecule has 28 heavy (non-hydrogen) atoms. The minimum atomic E-state index is -3.58. The summed E-state index contributed by atoms with van der Waals surface area (Å²) in [6.07, 6.45) is 1.40. The Kier molecular flexibility index (Phi) is 6.00. The van der Waals surface area contributed by atoms with Crippen LogP contribution in [0.1, 0.15) is 39.3 Å². The third-order valence-corrected chi connectivity index (χ3v) is 6.81. The van der Waals surface area contributed by atoms with Crippen LogP contribution in [0.3, 0.4) is 0 Å². The van der Waals surface area contributed by atoms with Crippen LogP contribution in [0.4, 0.5) is 4.39 Å². The Morgan fingerprint density at radius 2 is 1.71 bits per heavy atom. The maximum Gasteiger partial charge on any atom is 0.243 e. The molecule has 0 spiro atoms. The van der Waals surface area contributed by atoms with Gasteiger partial charge in [-0.05, 0) is 49.1 Å². The highest BCUT2D eigenvalue weighted by atomic mass is 32.2. The topological polar surface area (TPSA) is 72.4 Å². The van der Waals surface area contributed by atoms with E-state index in [1.165, 1.54) is 28.6 Å². The van der Waals surface area contributed by atoms with E-state index in [-0.39, 0.29) is 16.2 Å². The first kappa shape index (κ1) is 20.7. The van der Waals surface area contributed by atoms with Gasteiger partial charge in [-0.25, -0.2) is 12.8 Å². The number of piperidine rings is 1. The third-order valence-electron chi connectivity index (χ3n) is 4.90. The molecule has 1 saturated heterocycles. The summed E-state index contributed by atoms with van der Waals surface area (Å²) in [5, 5.41) is 8.33. The molecule has 2 heterocycles. The van der Waals surface area contributed by atoms with Gasteiger partial charge in [-0.2, -0.15) is 9.40 Å². The molecule has 0 N–H and O–H groups in total. The Balaban J connectivity index is 1.52. The highest BCUT2D eigenvalue weighted by Crippen LogP contribution is 2.25. The van der Waals surface area contributed by atoms with E-state index < -0.39 is 15.8 Å². The predicted octanol–water partition coefficient (Wildman–Crippen LogP) is 3.39. The summed E-state index contributed by atoms with van der Waals surface area (Å²) in [6, 6.07) is 8.68. The number of rotatable bonds is 5. The average molecular weight is 408 g/mol. The first-order chi connectivity index (χ1) is 13.2. The van der Waals surface area contributed by atoms with Crippen LogP contribution in [0.5, 0.6) is 5.88 Å². The lowest BCUT2D eigenvalue weighted by Gasteiger charge is -2.31. The Morgan fingerprint density at radius 3 is 2.25 bits per heavy atom. The zero-order valence-electron chi connectivity index (χ0n) is 16.4. The van der Waals surface area contributed by atoms with E-state index in [1.54, 1.807) is 0 Å². The van der Waals surface area contributed by atoms with E-state index in [4.69, 9.17) is 4.74 Å². The second-order valence-electron chi connectivity index (χ2n) is 8.12. The number of ether oxygens (including phenoxy) is 1. The van der Waals surface area contributed by atoms with Gasteiger partial charge in [0.15, 0.2) is 0 Å². The van der Waals surface area contributed by atoms with Gasteiger partial charge < -0.3 is 4.74 Å². The molecule has 2 aromatic rings. The summed E-state index contributed by atoms with van der Waals surface area (Å²) in [7, 11) is -3.58. The Hall–Kier alpha value is -2.06. The zero-order chi connectivity index (χ0) is 20.4. The number of sulfonamides is 1. The van der Waals surface area contributed by atoms with Crippen LogP contribution in [0.25, 0.3) is 0 Å². The Labute approximate surface area is 165 Å². The second kappa shape index (κ2) is 8.13. The third kappa shape index (κ3) is 4.86. The lowest BCUT2D eigenvalue weighted by atomic mass is 9.92. The number of hydrogen-bond donors (Lipinski definition) is 0. The molecule has 1 aliphatic heterocycles. The quantitative estimate of drug-likeness (QED) is 0.760. The fourth-order valence-corrected chi connectivity index (χ4v) is 4.54. The first-order valence-electron chi connectivity index (χ1n) is 9.39. The van der Waals surface area contributed by atoms with Crippen LogP contribution in [-0.2, 0) is 15.4 Å². The van der Waals surface area contributed by atoms with E-state index in [1.807, 2.05) is 12.1 Å². The van der Waals surface area contributed by atoms with Gasteiger partial charge >= 0.3 is 0 Å². The lowest BCUT2D eigenvalue weighted by Crippen LogP contribution is -2.39. The predicted molar refractivity (Wildman–Crippen MR) is 104 cm³/mol. The largest absolute Gasteiger partial charge is 0.476 e. The van der Waals surface area contributed by atoms with Gasteiger partial charge in [0.1, 0.15) is 5.82 Å². The highest BCUT2D eigenvalue weighted by Gasteiger charge is 2.29. The summed E-state index contributed by atoms with van der Waals surface area (Å²) in [4.78, 5) is 0.123. The van der Waals surface area contributed by atoms with Crippen LogP contribution in [0, 0.1) is 11.7 Å². The van der Waals surface area contributed by atoms with Crippen molar-refractivity contribution in [2.45, 2.75) is 43.9 Å². The molecule has 0 saturated carbocycles. The normalized spacial score (nSPS) is 16.9. The van der Waals surface area contributed by atoms with Crippen molar-refractivity contribution in [3.63, 3.8) is 0 Å². The fraction of sp³-hybridized carbons (Fsp3) is 0.500. The number of halogens is 1. The molecule has 0 amide bonds. The monoisotopic (exact) mass is 407 g/mol. The van der Waals surface area contributed by atoms with E-state index in [9.17, 15) is 12.8 Å². The molecule has 0 unspecified atom stereocenters. The van der Waals surface area contributed by atoms with Crippen LogP contribution >= 0.6 is 0 Å². The van der Waals surface area contributed by atoms with Crippen molar-refractivity contribution in [2.75, 3.05) is 19.7 Å². The molecule has 1 fully saturated rings. The van der Waals surface area contributed by atoms with E-state index >= 15 is 0 Å². The van der Waals surface area contributed by atoms with Gasteiger partial charge in [-0.15, -0.1) is 5.10 Å². The Morgan fingerprint density at radius 1 is 1.07 bits per heavy atom. The molecular formula is C20H26FN3O3S. The van der Waals surface area contributed by atoms with Crippen molar-refractivity contribution in [1.29, 1.82) is 0 Å². The summed E-state index contributed by atoms with van der Waals surface area (Å²) in [6.45, 7) is 7.54. The number of aromatic nitrogens is 2. The van der Waals surface area contributed by atoms with Crippen LogP contribution < -0.4 is 4.74 Å². The molecule has 1 aromatic carbocycles. The van der Waals surface area contributed by atoms with Crippen LogP contribution in [0.15, 0.2) is 41.3 Å². The standard InChI is InChI=1S/C20H26FN3O3S/c1-20(2,3)18-8-9-19(23-22-18)27-14-15-10-12-24(13-11-15)28(25,26)17-6-4-16(21)5-7-17/h4-9,15H,10-14H2,1-3H3. The maximum absolute atomic E-state index is 13.0. The molecule has 1 aliphatic rings. The first-order valence-corrected chi connectivity index (χ1v) is 10.8. The summed E-state index contributed by atoms with van der Waals surface area (Å²) in [5.41, 5.74) is 0.841. The van der Waals surface area contributed by atoms with E-state index in [2.05, 4.69) is 31.0 Å². The Bertz CT molecular complexity index is 886. The SMILES string of the molecule is CC(C)(C)c1ccc(OCC2CCN(S(=O)(=O)c3ccc(F)cc3)CC2)nn1. The molecule has 152 valence electrons. The molecule has 0 radical (unpaired) electrons. The minimum Gasteiger partial charge on any atom is -0.476 e. The molecule has 6 nitrogen and oxygen atoms in total. The minimum absolute atomic E-state index is 0.0611. The molecule has 0 bridgehead atoms. The van der Waals surface area contributed by atoms with E-state index in [0.29, 0.717) is 38.4 Å². The highest BCUT2D eigenvalue weighted by molar-refractivity contribution is 7.89. The van der Waals surface area contributed by atoms with Gasteiger partial charge in [0.2, 0.25) is 15.9 Å². The lowest BCUT2D eigenvalue weighted by molar-refractivity contribution is 0.179. The molecule has 0 aliphatic carbocycles. The van der Waals surface area contributed by atoms with Gasteiger partial charge in [0.25, 0.3) is 0 Å². The van der Waals surface area contributed by atoms with Crippen molar-refractivity contribution >= 4 is 10.0 Å². The summed E-state index contributed by atoms with van der Waals surface area (Å²) in [5.74, 6) is 0.284. The number of hydrogen-bond acceptors (Lipinski definition) is 5. The van der Waals surface area contributed by atoms with Crippen molar-refractivity contribution < 1.29 is 17.5 Å². The second-order valence-corrected chi connectivity index (χ2v) is 10.1. The van der Waals surface area contributed by atoms with E-state index in [0.717, 1.165) is 5.69 Å². The average Bonchev–Trinajstić information content (AvgIpc) is 2.67. The van der Waals surface area contributed by atoms with Crippen LogP contribution in [0.2, 0.25) is 0 Å². The number of benzene rings is 1. The maximum atomic E-state index is 13.0. The van der Waals surface area contributed by atoms with Crippen molar-refractivity contribution in [3.05, 3.63) is 47.9 Å². The molecule has 3 rings (SSSR count). The zero-order valence-corrected chi connectivity index (χ0v) is 17.2. The molecule has 0 atom stereocenters. The van der Waals surface area contributed by atoms with Crippen molar-refractivity contribution in [1.82, 2.24) is 14.5 Å². The van der Waals surface area contributed by atoms with Crippen molar-refractivity contribution in [3.8, 4) is 5.88 Å². The van der Waals surface area contributed by atoms with Crippen LogP contribution in [-0.4, -0.2) is 42.6 Å². The summed E-state index contributed by atoms with van der Waals surface area (Å²) >= 11 is 0. The number of nitrogens with zero attached hydrogens (tertiary/aromatic N) is 3. The smallest absolute Gasteiger partial charge is 0.243 e.